The summed E-state index contributed by atoms with van der Waals surface area (Å²) in [4.78, 5) is 16.1. The first kappa shape index (κ1) is 18.2. The molecule has 1 fully saturated rings. The van der Waals surface area contributed by atoms with Gasteiger partial charge in [0, 0.05) is 24.2 Å². The highest BCUT2D eigenvalue weighted by Crippen LogP contribution is 2.39. The molecule has 0 atom stereocenters. The van der Waals surface area contributed by atoms with E-state index in [1.54, 1.807) is 11.3 Å². The van der Waals surface area contributed by atoms with Crippen LogP contribution in [0.15, 0.2) is 30.3 Å². The lowest BCUT2D eigenvalue weighted by atomic mass is 10.1. The average Bonchev–Trinajstić information content (AvgIpc) is 2.98. The third kappa shape index (κ3) is 3.93. The van der Waals surface area contributed by atoms with Crippen molar-refractivity contribution in [2.45, 2.75) is 13.0 Å². The van der Waals surface area contributed by atoms with Gasteiger partial charge in [-0.1, -0.05) is 30.0 Å². The number of hydrogen-bond donors (Lipinski definition) is 0. The SMILES string of the molecule is C[N+]1(C)CCC(=O)c2sc(N3CCOCC3)c(C#Cc3ccccc3)c2C1. The lowest BCUT2D eigenvalue weighted by Gasteiger charge is -2.29. The molecule has 1 aromatic heterocycles. The van der Waals surface area contributed by atoms with Crippen LogP contribution < -0.4 is 4.90 Å². The molecule has 0 unspecified atom stereocenters. The van der Waals surface area contributed by atoms with Gasteiger partial charge in [0.15, 0.2) is 5.78 Å². The fourth-order valence-electron chi connectivity index (χ4n) is 3.63. The largest absolute Gasteiger partial charge is 0.378 e. The molecule has 5 heteroatoms. The van der Waals surface area contributed by atoms with Crippen LogP contribution in [0.3, 0.4) is 0 Å². The van der Waals surface area contributed by atoms with Crippen LogP contribution in [0.5, 0.6) is 0 Å². The van der Waals surface area contributed by atoms with Gasteiger partial charge in [-0.2, -0.15) is 0 Å². The molecule has 0 aliphatic carbocycles. The molecule has 0 N–H and O–H groups in total. The van der Waals surface area contributed by atoms with Gasteiger partial charge >= 0.3 is 0 Å². The van der Waals surface area contributed by atoms with Gasteiger partial charge in [0.25, 0.3) is 0 Å². The number of carbonyl (C=O) groups excluding carboxylic acids is 1. The van der Waals surface area contributed by atoms with Gasteiger partial charge in [-0.3, -0.25) is 4.79 Å². The molecule has 3 heterocycles. The molecule has 27 heavy (non-hydrogen) atoms. The molecule has 4 rings (SSSR count). The summed E-state index contributed by atoms with van der Waals surface area (Å²) < 4.78 is 6.34. The topological polar surface area (TPSA) is 29.5 Å². The summed E-state index contributed by atoms with van der Waals surface area (Å²) in [6, 6.07) is 10.1. The van der Waals surface area contributed by atoms with Gasteiger partial charge < -0.3 is 14.1 Å². The average molecular weight is 382 g/mol. The Morgan fingerprint density at radius 1 is 1.11 bits per heavy atom. The second-order valence-electron chi connectivity index (χ2n) is 7.80. The first-order chi connectivity index (χ1) is 13.0. The molecule has 0 spiro atoms. The van der Waals surface area contributed by atoms with Crippen LogP contribution in [-0.4, -0.2) is 57.2 Å². The molecule has 140 valence electrons. The van der Waals surface area contributed by atoms with Crippen LogP contribution in [0.4, 0.5) is 5.00 Å². The Hall–Kier alpha value is -2.13. The number of anilines is 1. The highest BCUT2D eigenvalue weighted by Gasteiger charge is 2.33. The number of quaternary nitrogens is 1. The van der Waals surface area contributed by atoms with Gasteiger partial charge in [0.1, 0.15) is 11.5 Å². The predicted molar refractivity (Wildman–Crippen MR) is 109 cm³/mol. The van der Waals surface area contributed by atoms with E-state index in [1.165, 1.54) is 0 Å². The lowest BCUT2D eigenvalue weighted by Crippen LogP contribution is -2.39. The van der Waals surface area contributed by atoms with E-state index in [0.29, 0.717) is 6.42 Å². The summed E-state index contributed by atoms with van der Waals surface area (Å²) in [7, 11) is 4.39. The number of morpholine rings is 1. The predicted octanol–water partition coefficient (Wildman–Crippen LogP) is 3.15. The van der Waals surface area contributed by atoms with Crippen LogP contribution in [0, 0.1) is 11.8 Å². The van der Waals surface area contributed by atoms with E-state index in [9.17, 15) is 4.79 Å². The van der Waals surface area contributed by atoms with Crippen molar-refractivity contribution in [3.8, 4) is 11.8 Å². The Labute approximate surface area is 165 Å². The van der Waals surface area contributed by atoms with Gasteiger partial charge in [0.2, 0.25) is 0 Å². The monoisotopic (exact) mass is 381 g/mol. The fourth-order valence-corrected chi connectivity index (χ4v) is 4.91. The number of Topliss-reactive ketones (excluding diaryl/α,β-unsaturated/α-hetero) is 1. The van der Waals surface area contributed by atoms with E-state index in [4.69, 9.17) is 4.74 Å². The molecule has 0 saturated carbocycles. The second kappa shape index (κ2) is 7.47. The summed E-state index contributed by atoms with van der Waals surface area (Å²) >= 11 is 1.63. The molecule has 4 nitrogen and oxygen atoms in total. The maximum absolute atomic E-state index is 12.8. The molecular formula is C22H25N2O2S+. The Balaban J connectivity index is 1.83. The van der Waals surface area contributed by atoms with E-state index in [1.807, 2.05) is 30.3 Å². The maximum atomic E-state index is 12.8. The highest BCUT2D eigenvalue weighted by molar-refractivity contribution is 7.18. The van der Waals surface area contributed by atoms with Gasteiger partial charge in [-0.15, -0.1) is 11.3 Å². The zero-order valence-electron chi connectivity index (χ0n) is 16.0. The number of nitrogens with zero attached hydrogens (tertiary/aromatic N) is 2. The van der Waals surface area contributed by atoms with E-state index in [0.717, 1.165) is 70.4 Å². The molecule has 0 bridgehead atoms. The van der Waals surface area contributed by atoms with Gasteiger partial charge in [0.05, 0.1) is 50.7 Å². The molecular weight excluding hydrogens is 356 g/mol. The minimum atomic E-state index is 0.265. The molecule has 1 saturated heterocycles. The summed E-state index contributed by atoms with van der Waals surface area (Å²) in [5.41, 5.74) is 3.18. The number of rotatable bonds is 1. The fraction of sp³-hybridized carbons (Fsp3) is 0.409. The van der Waals surface area contributed by atoms with Gasteiger partial charge in [-0.05, 0) is 12.1 Å². The van der Waals surface area contributed by atoms with Crippen LogP contribution in [0.2, 0.25) is 0 Å². The van der Waals surface area contributed by atoms with E-state index >= 15 is 0 Å². The third-order valence-electron chi connectivity index (χ3n) is 5.18. The first-order valence-corrected chi connectivity index (χ1v) is 10.3. The molecule has 1 aromatic carbocycles. The maximum Gasteiger partial charge on any atom is 0.179 e. The van der Waals surface area contributed by atoms with E-state index < -0.39 is 0 Å². The summed E-state index contributed by atoms with van der Waals surface area (Å²) in [6.07, 6.45) is 0.606. The van der Waals surface area contributed by atoms with Crippen molar-refractivity contribution in [3.63, 3.8) is 0 Å². The quantitative estimate of drug-likeness (QED) is 0.561. The Kier molecular flexibility index (Phi) is 5.05. The zero-order chi connectivity index (χ0) is 18.9. The van der Waals surface area contributed by atoms with Crippen molar-refractivity contribution < 1.29 is 14.0 Å². The van der Waals surface area contributed by atoms with Crippen LogP contribution >= 0.6 is 11.3 Å². The van der Waals surface area contributed by atoms with Crippen LogP contribution in [0.1, 0.15) is 32.8 Å². The van der Waals surface area contributed by atoms with Crippen molar-refractivity contribution in [3.05, 3.63) is 51.9 Å². The van der Waals surface area contributed by atoms with Crippen molar-refractivity contribution in [1.82, 2.24) is 0 Å². The van der Waals surface area contributed by atoms with Crippen LogP contribution in [-0.2, 0) is 11.3 Å². The molecule has 2 aliphatic heterocycles. The molecule has 0 amide bonds. The standard InChI is InChI=1S/C22H25N2O2S/c1-24(2)13-10-20(25)21-19(16-24)18(9-8-17-6-4-3-5-7-17)22(27-21)23-11-14-26-15-12-23/h3-7H,10-16H2,1-2H3/q+1. The number of ether oxygens (including phenoxy) is 1. The molecule has 2 aliphatic rings. The van der Waals surface area contributed by atoms with Crippen molar-refractivity contribution in [1.29, 1.82) is 0 Å². The molecule has 0 radical (unpaired) electrons. The number of ketones is 1. The minimum Gasteiger partial charge on any atom is -0.378 e. The van der Waals surface area contributed by atoms with Crippen molar-refractivity contribution >= 4 is 22.1 Å². The zero-order valence-corrected chi connectivity index (χ0v) is 16.8. The summed E-state index contributed by atoms with van der Waals surface area (Å²) in [5, 5.41) is 1.14. The number of fused-ring (bicyclic) bond motifs is 1. The third-order valence-corrected chi connectivity index (χ3v) is 6.51. The van der Waals surface area contributed by atoms with E-state index in [-0.39, 0.29) is 5.78 Å². The van der Waals surface area contributed by atoms with Gasteiger partial charge in [-0.25, -0.2) is 0 Å². The summed E-state index contributed by atoms with van der Waals surface area (Å²) in [6.45, 7) is 4.88. The number of thiophene rings is 1. The molecule has 2 aromatic rings. The minimum absolute atomic E-state index is 0.265. The van der Waals surface area contributed by atoms with Crippen LogP contribution in [0.25, 0.3) is 0 Å². The normalized spacial score (nSPS) is 19.0. The lowest BCUT2D eigenvalue weighted by molar-refractivity contribution is -0.902. The number of benzene rings is 1. The Morgan fingerprint density at radius 3 is 2.59 bits per heavy atom. The highest BCUT2D eigenvalue weighted by atomic mass is 32.1. The van der Waals surface area contributed by atoms with E-state index in [2.05, 4.69) is 30.8 Å². The van der Waals surface area contributed by atoms with Crippen molar-refractivity contribution in [2.75, 3.05) is 51.8 Å². The Bertz CT molecular complexity index is 900. The smallest absolute Gasteiger partial charge is 0.179 e. The number of hydrogen-bond acceptors (Lipinski definition) is 4. The Morgan fingerprint density at radius 2 is 1.85 bits per heavy atom. The van der Waals surface area contributed by atoms with Crippen molar-refractivity contribution in [2.24, 2.45) is 0 Å². The first-order valence-electron chi connectivity index (χ1n) is 9.44. The summed E-state index contributed by atoms with van der Waals surface area (Å²) in [5.74, 6) is 7.02. The number of carbonyl (C=O) groups is 1. The second-order valence-corrected chi connectivity index (χ2v) is 8.80.